The fourth-order valence-electron chi connectivity index (χ4n) is 2.65. The van der Waals surface area contributed by atoms with Crippen molar-refractivity contribution in [1.82, 2.24) is 9.80 Å². The predicted octanol–water partition coefficient (Wildman–Crippen LogP) is 1.11. The standard InChI is InChI=1S/C13H22N2O4S/c1-9-10(2)20-6-4-14(9)13(18)15-3-5-19-8-11(15)7-12(16)17/h9-11H,3-8H2,1-2H3,(H,16,17). The van der Waals surface area contributed by atoms with E-state index >= 15 is 0 Å². The Balaban J connectivity index is 2.06. The molecule has 2 amide bonds. The average Bonchev–Trinajstić information content (AvgIpc) is 2.41. The van der Waals surface area contributed by atoms with Crippen molar-refractivity contribution in [2.75, 3.05) is 32.1 Å². The molecule has 0 saturated carbocycles. The van der Waals surface area contributed by atoms with E-state index in [0.29, 0.717) is 25.0 Å². The second kappa shape index (κ2) is 6.67. The largest absolute Gasteiger partial charge is 0.481 e. The Hall–Kier alpha value is -0.950. The number of carboxylic acids is 1. The van der Waals surface area contributed by atoms with E-state index in [1.54, 1.807) is 4.90 Å². The Morgan fingerprint density at radius 1 is 1.30 bits per heavy atom. The van der Waals surface area contributed by atoms with Crippen LogP contribution in [0.15, 0.2) is 0 Å². The Bertz CT molecular complexity index is 379. The molecule has 2 heterocycles. The van der Waals surface area contributed by atoms with Crippen molar-refractivity contribution in [3.05, 3.63) is 0 Å². The molecule has 114 valence electrons. The number of carbonyl (C=O) groups excluding carboxylic acids is 1. The second-order valence-electron chi connectivity index (χ2n) is 5.31. The van der Waals surface area contributed by atoms with Crippen LogP contribution in [0, 0.1) is 0 Å². The third-order valence-electron chi connectivity index (χ3n) is 4.01. The van der Waals surface area contributed by atoms with Gasteiger partial charge in [0.05, 0.1) is 25.7 Å². The zero-order valence-corrected chi connectivity index (χ0v) is 12.8. The molecule has 7 heteroatoms. The van der Waals surface area contributed by atoms with Crippen LogP contribution in [0.1, 0.15) is 20.3 Å². The minimum atomic E-state index is -0.895. The lowest BCUT2D eigenvalue weighted by Gasteiger charge is -2.43. The van der Waals surface area contributed by atoms with Crippen LogP contribution in [0.5, 0.6) is 0 Å². The number of rotatable bonds is 2. The van der Waals surface area contributed by atoms with Gasteiger partial charge in [0.15, 0.2) is 0 Å². The molecule has 2 aliphatic heterocycles. The number of aliphatic carboxylic acids is 1. The number of carbonyl (C=O) groups is 2. The van der Waals surface area contributed by atoms with Crippen LogP contribution < -0.4 is 0 Å². The molecule has 1 N–H and O–H groups in total. The van der Waals surface area contributed by atoms with E-state index in [1.807, 2.05) is 16.7 Å². The normalized spacial score (nSPS) is 31.2. The average molecular weight is 302 g/mol. The minimum absolute atomic E-state index is 0.0424. The summed E-state index contributed by atoms with van der Waals surface area (Å²) in [6.07, 6.45) is -0.0573. The number of morpholine rings is 1. The van der Waals surface area contributed by atoms with Crippen molar-refractivity contribution in [2.45, 2.75) is 37.6 Å². The summed E-state index contributed by atoms with van der Waals surface area (Å²) in [6, 6.07) is -0.223. The molecule has 0 aromatic heterocycles. The van der Waals surface area contributed by atoms with Crippen LogP contribution >= 0.6 is 11.8 Å². The molecule has 2 fully saturated rings. The van der Waals surface area contributed by atoms with Crippen molar-refractivity contribution >= 4 is 23.8 Å². The van der Waals surface area contributed by atoms with Gasteiger partial charge in [0, 0.05) is 30.1 Å². The number of hydrogen-bond acceptors (Lipinski definition) is 4. The summed E-state index contributed by atoms with van der Waals surface area (Å²) in [5.41, 5.74) is 0. The van der Waals surface area contributed by atoms with Gasteiger partial charge >= 0.3 is 12.0 Å². The van der Waals surface area contributed by atoms with Crippen LogP contribution in [0.3, 0.4) is 0 Å². The van der Waals surface area contributed by atoms with E-state index in [1.165, 1.54) is 0 Å². The maximum atomic E-state index is 12.7. The van der Waals surface area contributed by atoms with Gasteiger partial charge in [-0.25, -0.2) is 4.79 Å². The van der Waals surface area contributed by atoms with Crippen LogP contribution in [0.2, 0.25) is 0 Å². The van der Waals surface area contributed by atoms with Gasteiger partial charge in [-0.3, -0.25) is 4.79 Å². The number of thioether (sulfide) groups is 1. The fourth-order valence-corrected chi connectivity index (χ4v) is 3.74. The summed E-state index contributed by atoms with van der Waals surface area (Å²) in [4.78, 5) is 27.2. The topological polar surface area (TPSA) is 70.1 Å². The zero-order chi connectivity index (χ0) is 14.7. The first kappa shape index (κ1) is 15.4. The third kappa shape index (κ3) is 3.38. The Morgan fingerprint density at radius 2 is 2.05 bits per heavy atom. The molecule has 2 aliphatic rings. The first-order valence-electron chi connectivity index (χ1n) is 6.99. The molecule has 2 rings (SSSR count). The first-order chi connectivity index (χ1) is 9.50. The number of hydrogen-bond donors (Lipinski definition) is 1. The Labute approximate surface area is 123 Å². The van der Waals surface area contributed by atoms with Gasteiger partial charge in [-0.05, 0) is 6.92 Å². The molecule has 0 aromatic rings. The highest BCUT2D eigenvalue weighted by Crippen LogP contribution is 2.26. The first-order valence-corrected chi connectivity index (χ1v) is 8.04. The summed E-state index contributed by atoms with van der Waals surface area (Å²) in [6.45, 7) is 6.18. The smallest absolute Gasteiger partial charge is 0.320 e. The second-order valence-corrected chi connectivity index (χ2v) is 6.80. The number of amides is 2. The molecule has 0 bridgehead atoms. The summed E-state index contributed by atoms with van der Waals surface area (Å²) < 4.78 is 5.32. The summed E-state index contributed by atoms with van der Waals surface area (Å²) in [5.74, 6) is 0.0412. The van der Waals surface area contributed by atoms with Crippen LogP contribution in [0.4, 0.5) is 4.79 Å². The highest BCUT2D eigenvalue weighted by molar-refractivity contribution is 8.00. The number of urea groups is 1. The lowest BCUT2D eigenvalue weighted by atomic mass is 10.1. The van der Waals surface area contributed by atoms with Gasteiger partial charge in [-0.2, -0.15) is 11.8 Å². The lowest BCUT2D eigenvalue weighted by molar-refractivity contribution is -0.139. The summed E-state index contributed by atoms with van der Waals surface area (Å²) >= 11 is 1.87. The quantitative estimate of drug-likeness (QED) is 0.827. The minimum Gasteiger partial charge on any atom is -0.481 e. The lowest BCUT2D eigenvalue weighted by Crippen LogP contribution is -2.58. The molecule has 0 spiro atoms. The van der Waals surface area contributed by atoms with Crippen LogP contribution in [-0.2, 0) is 9.53 Å². The van der Waals surface area contributed by atoms with E-state index in [4.69, 9.17) is 9.84 Å². The number of nitrogens with zero attached hydrogens (tertiary/aromatic N) is 2. The maximum Gasteiger partial charge on any atom is 0.320 e. The van der Waals surface area contributed by atoms with E-state index in [0.717, 1.165) is 12.3 Å². The molecule has 6 nitrogen and oxygen atoms in total. The molecule has 20 heavy (non-hydrogen) atoms. The van der Waals surface area contributed by atoms with Crippen LogP contribution in [0.25, 0.3) is 0 Å². The summed E-state index contributed by atoms with van der Waals surface area (Å²) in [5, 5.41) is 9.37. The van der Waals surface area contributed by atoms with Gasteiger partial charge in [0.2, 0.25) is 0 Å². The Kier molecular flexibility index (Phi) is 5.15. The maximum absolute atomic E-state index is 12.7. The molecule has 0 aromatic carbocycles. The van der Waals surface area contributed by atoms with Gasteiger partial charge in [-0.1, -0.05) is 6.92 Å². The molecular weight excluding hydrogens is 280 g/mol. The van der Waals surface area contributed by atoms with Crippen molar-refractivity contribution in [3.8, 4) is 0 Å². The van der Waals surface area contributed by atoms with E-state index in [-0.39, 0.29) is 24.5 Å². The number of carboxylic acid groups (broad SMARTS) is 1. The van der Waals surface area contributed by atoms with Gasteiger partial charge in [-0.15, -0.1) is 0 Å². The molecule has 3 unspecified atom stereocenters. The third-order valence-corrected chi connectivity index (χ3v) is 5.35. The van der Waals surface area contributed by atoms with Crippen molar-refractivity contribution in [2.24, 2.45) is 0 Å². The summed E-state index contributed by atoms with van der Waals surface area (Å²) in [7, 11) is 0. The number of ether oxygens (including phenoxy) is 1. The molecule has 0 radical (unpaired) electrons. The van der Waals surface area contributed by atoms with Gasteiger partial charge in [0.25, 0.3) is 0 Å². The monoisotopic (exact) mass is 302 g/mol. The fraction of sp³-hybridized carbons (Fsp3) is 0.846. The molecule has 0 aliphatic carbocycles. The van der Waals surface area contributed by atoms with Crippen molar-refractivity contribution < 1.29 is 19.4 Å². The van der Waals surface area contributed by atoms with Crippen LogP contribution in [-0.4, -0.2) is 76.3 Å². The van der Waals surface area contributed by atoms with E-state index < -0.39 is 5.97 Å². The zero-order valence-electron chi connectivity index (χ0n) is 11.9. The Morgan fingerprint density at radius 3 is 2.75 bits per heavy atom. The van der Waals surface area contributed by atoms with Crippen molar-refractivity contribution in [3.63, 3.8) is 0 Å². The van der Waals surface area contributed by atoms with Crippen molar-refractivity contribution in [1.29, 1.82) is 0 Å². The van der Waals surface area contributed by atoms with Gasteiger partial charge < -0.3 is 19.6 Å². The highest BCUT2D eigenvalue weighted by atomic mass is 32.2. The highest BCUT2D eigenvalue weighted by Gasteiger charge is 2.36. The molecular formula is C13H22N2O4S. The molecule has 3 atom stereocenters. The van der Waals surface area contributed by atoms with E-state index in [9.17, 15) is 9.59 Å². The SMILES string of the molecule is CC1SCCN(C(=O)N2CCOCC2CC(=O)O)C1C. The molecule has 2 saturated heterocycles. The van der Waals surface area contributed by atoms with Gasteiger partial charge in [0.1, 0.15) is 0 Å². The van der Waals surface area contributed by atoms with E-state index in [2.05, 4.69) is 13.8 Å². The predicted molar refractivity (Wildman–Crippen MR) is 77.0 cm³/mol.